The van der Waals surface area contributed by atoms with Gasteiger partial charge in [0.15, 0.2) is 0 Å². The Labute approximate surface area is 518 Å². The quantitative estimate of drug-likeness (QED) is 0.0320. The first-order valence-electron chi connectivity index (χ1n) is 37.1. The summed E-state index contributed by atoms with van der Waals surface area (Å²) in [6.45, 7) is 4.86. The summed E-state index contributed by atoms with van der Waals surface area (Å²) in [5.74, 6) is -0.0693. The maximum absolute atomic E-state index is 12.5. The van der Waals surface area contributed by atoms with Gasteiger partial charge in [-0.3, -0.25) is 9.59 Å². The SMILES string of the molecule is CCC/C=C\C/C=C\CCCCCCCC(=O)OCCCCCCCCCCC/C=C\C/C=C\CCCCCCCCCCCCCCCC(=O)NC(CO)C(O)/C=C/CCCCCCCCCCCCCCCCCCCCCCCC. The Balaban J connectivity index is 3.44. The summed E-state index contributed by atoms with van der Waals surface area (Å²) in [4.78, 5) is 24.6. The lowest BCUT2D eigenvalue weighted by Crippen LogP contribution is -2.45. The highest BCUT2D eigenvalue weighted by atomic mass is 16.5. The van der Waals surface area contributed by atoms with Crippen LogP contribution in [0.25, 0.3) is 0 Å². The van der Waals surface area contributed by atoms with Crippen LogP contribution in [0.4, 0.5) is 0 Å². The number of hydrogen-bond acceptors (Lipinski definition) is 5. The van der Waals surface area contributed by atoms with Crippen LogP contribution in [0.15, 0.2) is 60.8 Å². The number of hydrogen-bond donors (Lipinski definition) is 3. The molecule has 2 unspecified atom stereocenters. The second-order valence-corrected chi connectivity index (χ2v) is 25.3. The molecular formula is C77H143NO5. The number of nitrogens with one attached hydrogen (secondary N) is 1. The molecule has 0 saturated heterocycles. The largest absolute Gasteiger partial charge is 0.466 e. The van der Waals surface area contributed by atoms with Gasteiger partial charge in [-0.25, -0.2) is 0 Å². The van der Waals surface area contributed by atoms with Crippen LogP contribution in [0.2, 0.25) is 0 Å². The van der Waals surface area contributed by atoms with Crippen LogP contribution < -0.4 is 5.32 Å². The van der Waals surface area contributed by atoms with E-state index in [0.717, 1.165) is 57.8 Å². The Morgan fingerprint density at radius 1 is 0.337 bits per heavy atom. The lowest BCUT2D eigenvalue weighted by Gasteiger charge is -2.20. The minimum atomic E-state index is -0.848. The monoisotopic (exact) mass is 1160 g/mol. The third-order valence-electron chi connectivity index (χ3n) is 17.0. The third-order valence-corrected chi connectivity index (χ3v) is 17.0. The Hall–Kier alpha value is -2.44. The normalized spacial score (nSPS) is 12.9. The first-order valence-corrected chi connectivity index (χ1v) is 37.1. The van der Waals surface area contributed by atoms with Crippen LogP contribution in [0, 0.1) is 0 Å². The van der Waals surface area contributed by atoms with Crippen molar-refractivity contribution in [1.29, 1.82) is 0 Å². The van der Waals surface area contributed by atoms with Crippen LogP contribution in [-0.2, 0) is 14.3 Å². The van der Waals surface area contributed by atoms with Crippen LogP contribution in [0.5, 0.6) is 0 Å². The van der Waals surface area contributed by atoms with Crippen molar-refractivity contribution in [2.75, 3.05) is 13.2 Å². The molecule has 0 aliphatic carbocycles. The molecule has 0 heterocycles. The van der Waals surface area contributed by atoms with E-state index in [0.29, 0.717) is 19.4 Å². The number of carbonyl (C=O) groups is 2. The minimum Gasteiger partial charge on any atom is -0.466 e. The third kappa shape index (κ3) is 68.5. The molecule has 0 spiro atoms. The van der Waals surface area contributed by atoms with Gasteiger partial charge in [0.1, 0.15) is 0 Å². The predicted molar refractivity (Wildman–Crippen MR) is 365 cm³/mol. The number of aliphatic hydroxyl groups excluding tert-OH is 2. The zero-order valence-electron chi connectivity index (χ0n) is 55.7. The first-order chi connectivity index (χ1) is 41.0. The van der Waals surface area contributed by atoms with Gasteiger partial charge in [-0.2, -0.15) is 0 Å². The highest BCUT2D eigenvalue weighted by Crippen LogP contribution is 2.18. The van der Waals surface area contributed by atoms with Gasteiger partial charge in [0.25, 0.3) is 0 Å². The zero-order chi connectivity index (χ0) is 59.9. The molecule has 6 nitrogen and oxygen atoms in total. The first kappa shape index (κ1) is 80.6. The molecule has 0 aliphatic rings. The molecule has 0 fully saturated rings. The molecule has 0 aromatic rings. The fourth-order valence-electron chi connectivity index (χ4n) is 11.4. The molecule has 0 radical (unpaired) electrons. The average Bonchev–Trinajstić information content (AvgIpc) is 3.48. The van der Waals surface area contributed by atoms with E-state index >= 15 is 0 Å². The van der Waals surface area contributed by atoms with E-state index in [9.17, 15) is 19.8 Å². The van der Waals surface area contributed by atoms with Crippen molar-refractivity contribution >= 4 is 11.9 Å². The van der Waals surface area contributed by atoms with Crippen LogP contribution in [0.1, 0.15) is 393 Å². The molecule has 1 amide bonds. The van der Waals surface area contributed by atoms with E-state index < -0.39 is 12.1 Å². The van der Waals surface area contributed by atoms with E-state index in [2.05, 4.69) is 67.8 Å². The van der Waals surface area contributed by atoms with E-state index in [1.54, 1.807) is 6.08 Å². The Morgan fingerprint density at radius 3 is 0.964 bits per heavy atom. The number of rotatable bonds is 69. The molecular weight excluding hydrogens is 1020 g/mol. The van der Waals surface area contributed by atoms with Crippen molar-refractivity contribution in [1.82, 2.24) is 5.32 Å². The Morgan fingerprint density at radius 2 is 0.627 bits per heavy atom. The van der Waals surface area contributed by atoms with Gasteiger partial charge in [0, 0.05) is 12.8 Å². The number of carbonyl (C=O) groups excluding carboxylic acids is 2. The lowest BCUT2D eigenvalue weighted by molar-refractivity contribution is -0.143. The Kier molecular flexibility index (Phi) is 69.9. The van der Waals surface area contributed by atoms with Gasteiger partial charge in [0.2, 0.25) is 5.91 Å². The van der Waals surface area contributed by atoms with Crippen molar-refractivity contribution in [3.05, 3.63) is 60.8 Å². The number of ether oxygens (including phenoxy) is 1. The second kappa shape index (κ2) is 72.0. The number of aliphatic hydroxyl groups is 2. The smallest absolute Gasteiger partial charge is 0.305 e. The standard InChI is InChI=1S/C77H143NO5/c1-3-5-7-9-11-13-15-17-18-19-20-21-22-30-33-36-39-42-46-49-53-57-61-65-69-75(80)74(73-79)78-76(81)70-66-62-58-54-50-47-43-40-37-34-31-28-26-24-23-25-27-29-32-35-38-41-44-48-52-56-60-64-68-72-83-77(82)71-67-63-59-55-51-45-16-14-12-10-8-6-4-2/h8,10,14,16,23,25,29,32,65,69,74-75,79-80H,3-7,9,11-13,15,17-22,24,26-28,30-31,33-64,66-68,70-73H2,1-2H3,(H,78,81)/b10-8-,16-14-,25-23-,32-29-,69-65+. The summed E-state index contributed by atoms with van der Waals surface area (Å²) in [6, 6.07) is -0.631. The number of amides is 1. The molecule has 0 aromatic carbocycles. The van der Waals surface area contributed by atoms with Crippen molar-refractivity contribution in [3.8, 4) is 0 Å². The van der Waals surface area contributed by atoms with Gasteiger partial charge in [0.05, 0.1) is 25.4 Å². The Bertz CT molecular complexity index is 1430. The maximum atomic E-state index is 12.5. The van der Waals surface area contributed by atoms with E-state index in [4.69, 9.17) is 4.74 Å². The van der Waals surface area contributed by atoms with Crippen LogP contribution in [0.3, 0.4) is 0 Å². The molecule has 0 bridgehead atoms. The van der Waals surface area contributed by atoms with Gasteiger partial charge in [-0.1, -0.05) is 351 Å². The molecule has 3 N–H and O–H groups in total. The summed E-state index contributed by atoms with van der Waals surface area (Å²) >= 11 is 0. The molecule has 0 aromatic heterocycles. The van der Waals surface area contributed by atoms with Gasteiger partial charge in [-0.05, 0) is 89.9 Å². The zero-order valence-corrected chi connectivity index (χ0v) is 55.7. The second-order valence-electron chi connectivity index (χ2n) is 25.3. The molecule has 2 atom stereocenters. The van der Waals surface area contributed by atoms with Crippen LogP contribution in [-0.4, -0.2) is 47.4 Å². The van der Waals surface area contributed by atoms with Crippen molar-refractivity contribution in [3.63, 3.8) is 0 Å². The molecule has 6 heteroatoms. The van der Waals surface area contributed by atoms with E-state index in [1.807, 2.05) is 6.08 Å². The lowest BCUT2D eigenvalue weighted by atomic mass is 10.0. The van der Waals surface area contributed by atoms with Crippen molar-refractivity contribution < 1.29 is 24.5 Å². The number of unbranched alkanes of at least 4 members (excludes halogenated alkanes) is 50. The fourth-order valence-corrected chi connectivity index (χ4v) is 11.4. The maximum Gasteiger partial charge on any atom is 0.305 e. The van der Waals surface area contributed by atoms with Crippen molar-refractivity contribution in [2.45, 2.75) is 405 Å². The van der Waals surface area contributed by atoms with Crippen molar-refractivity contribution in [2.24, 2.45) is 0 Å². The summed E-state index contributed by atoms with van der Waals surface area (Å²) in [6.07, 6.45) is 96.0. The van der Waals surface area contributed by atoms with Crippen LogP contribution >= 0.6 is 0 Å². The number of allylic oxidation sites excluding steroid dienone is 9. The molecule has 0 saturated carbocycles. The van der Waals surface area contributed by atoms with Gasteiger partial charge >= 0.3 is 5.97 Å². The predicted octanol–water partition coefficient (Wildman–Crippen LogP) is 24.2. The summed E-state index contributed by atoms with van der Waals surface area (Å²) < 4.78 is 5.47. The molecule has 0 rings (SSSR count). The number of esters is 1. The highest BCUT2D eigenvalue weighted by Gasteiger charge is 2.18. The minimum absolute atomic E-state index is 0.00376. The van der Waals surface area contributed by atoms with Gasteiger partial charge in [-0.15, -0.1) is 0 Å². The summed E-state index contributed by atoms with van der Waals surface area (Å²) in [5.41, 5.74) is 0. The van der Waals surface area contributed by atoms with E-state index in [-0.39, 0.29) is 18.5 Å². The summed E-state index contributed by atoms with van der Waals surface area (Å²) in [7, 11) is 0. The summed E-state index contributed by atoms with van der Waals surface area (Å²) in [5, 5.41) is 23.3. The molecule has 83 heavy (non-hydrogen) atoms. The molecule has 0 aliphatic heterocycles. The average molecular weight is 1160 g/mol. The van der Waals surface area contributed by atoms with Gasteiger partial charge < -0.3 is 20.3 Å². The highest BCUT2D eigenvalue weighted by molar-refractivity contribution is 5.76. The topological polar surface area (TPSA) is 95.9 Å². The van der Waals surface area contributed by atoms with E-state index in [1.165, 1.54) is 308 Å². The fraction of sp³-hybridized carbons (Fsp3) is 0.844. The molecule has 486 valence electrons.